The molecule has 0 saturated carbocycles. The molecule has 0 unspecified atom stereocenters. The Hall–Kier alpha value is -1.69. The molecule has 0 atom stereocenters. The number of halogens is 2. The minimum atomic E-state index is -2.45. The van der Waals surface area contributed by atoms with Gasteiger partial charge in [0, 0.05) is 0 Å². The van der Waals surface area contributed by atoms with Gasteiger partial charge in [0.05, 0.1) is 24.5 Å². The van der Waals surface area contributed by atoms with Crippen LogP contribution in [0.25, 0.3) is 0 Å². The molecule has 0 bridgehead atoms. The summed E-state index contributed by atoms with van der Waals surface area (Å²) < 4.78 is 24.1. The van der Waals surface area contributed by atoms with Crippen molar-refractivity contribution in [1.29, 1.82) is 0 Å². The lowest BCUT2D eigenvalue weighted by molar-refractivity contribution is -0.117. The van der Waals surface area contributed by atoms with Crippen LogP contribution in [-0.2, 0) is 4.79 Å². The number of alkyl halides is 2. The summed E-state index contributed by atoms with van der Waals surface area (Å²) in [4.78, 5) is 12.8. The van der Waals surface area contributed by atoms with Crippen LogP contribution in [0.2, 0.25) is 0 Å². The van der Waals surface area contributed by atoms with E-state index >= 15 is 0 Å². The van der Waals surface area contributed by atoms with E-state index < -0.39 is 13.0 Å². The van der Waals surface area contributed by atoms with Gasteiger partial charge in [0.15, 0.2) is 0 Å². The predicted molar refractivity (Wildman–Crippen MR) is 63.0 cm³/mol. The predicted octanol–water partition coefficient (Wildman–Crippen LogP) is 1.40. The van der Waals surface area contributed by atoms with Gasteiger partial charge in [-0.1, -0.05) is 12.1 Å². The van der Waals surface area contributed by atoms with Crippen LogP contribution in [0, 0.1) is 0 Å². The van der Waals surface area contributed by atoms with Gasteiger partial charge in [0.2, 0.25) is 5.91 Å². The summed E-state index contributed by atoms with van der Waals surface area (Å²) in [6, 6.07) is 6.78. The van der Waals surface area contributed by atoms with Gasteiger partial charge in [-0.15, -0.1) is 0 Å². The van der Waals surface area contributed by atoms with Gasteiger partial charge in [0.25, 0.3) is 6.43 Å². The Balaban J connectivity index is 2.47. The van der Waals surface area contributed by atoms with Crippen LogP contribution in [0.5, 0.6) is 0 Å². The van der Waals surface area contributed by atoms with E-state index in [0.29, 0.717) is 11.4 Å². The number of nitrogens with one attached hydrogen (secondary N) is 1. The highest BCUT2D eigenvalue weighted by Crippen LogP contribution is 2.16. The fourth-order valence-corrected chi connectivity index (χ4v) is 1.35. The van der Waals surface area contributed by atoms with E-state index in [9.17, 15) is 13.6 Å². The Morgan fingerprint density at radius 2 is 2.12 bits per heavy atom. The quantitative estimate of drug-likeness (QED) is 0.769. The molecule has 0 heterocycles. The molecule has 17 heavy (non-hydrogen) atoms. The first-order valence-electron chi connectivity index (χ1n) is 5.10. The van der Waals surface area contributed by atoms with Gasteiger partial charge in [0.1, 0.15) is 0 Å². The highest BCUT2D eigenvalue weighted by atomic mass is 19.3. The summed E-state index contributed by atoms with van der Waals surface area (Å²) in [5.41, 5.74) is 6.56. The maximum absolute atomic E-state index is 12.0. The van der Waals surface area contributed by atoms with Gasteiger partial charge in [-0.05, 0) is 19.2 Å². The van der Waals surface area contributed by atoms with E-state index in [1.807, 2.05) is 0 Å². The van der Waals surface area contributed by atoms with Crippen molar-refractivity contribution >= 4 is 17.3 Å². The van der Waals surface area contributed by atoms with Crippen molar-refractivity contribution in [2.75, 3.05) is 31.2 Å². The molecule has 0 aromatic heterocycles. The van der Waals surface area contributed by atoms with Crippen molar-refractivity contribution in [1.82, 2.24) is 4.90 Å². The molecule has 94 valence electrons. The third-order valence-electron chi connectivity index (χ3n) is 2.10. The van der Waals surface area contributed by atoms with Crippen LogP contribution in [0.15, 0.2) is 24.3 Å². The van der Waals surface area contributed by atoms with E-state index in [1.165, 1.54) is 11.9 Å². The normalized spacial score (nSPS) is 10.9. The minimum absolute atomic E-state index is 0.0985. The Morgan fingerprint density at radius 3 is 2.71 bits per heavy atom. The molecule has 3 N–H and O–H groups in total. The highest BCUT2D eigenvalue weighted by Gasteiger charge is 2.12. The molecular formula is C11H15F2N3O. The summed E-state index contributed by atoms with van der Waals surface area (Å²) in [5, 5.41) is 2.56. The summed E-state index contributed by atoms with van der Waals surface area (Å²) in [6.07, 6.45) is -2.45. The fraction of sp³-hybridized carbons (Fsp3) is 0.364. The second kappa shape index (κ2) is 6.15. The van der Waals surface area contributed by atoms with E-state index in [-0.39, 0.29) is 12.5 Å². The molecule has 4 nitrogen and oxygen atoms in total. The number of carbonyl (C=O) groups excluding carboxylic acids is 1. The fourth-order valence-electron chi connectivity index (χ4n) is 1.35. The van der Waals surface area contributed by atoms with Crippen LogP contribution < -0.4 is 11.1 Å². The molecule has 1 amide bonds. The number of hydrogen-bond acceptors (Lipinski definition) is 3. The topological polar surface area (TPSA) is 58.4 Å². The van der Waals surface area contributed by atoms with Gasteiger partial charge in [-0.2, -0.15) is 0 Å². The van der Waals surface area contributed by atoms with Gasteiger partial charge < -0.3 is 11.1 Å². The van der Waals surface area contributed by atoms with Crippen LogP contribution in [0.3, 0.4) is 0 Å². The summed E-state index contributed by atoms with van der Waals surface area (Å²) in [7, 11) is 1.46. The first kappa shape index (κ1) is 13.4. The number of rotatable bonds is 5. The van der Waals surface area contributed by atoms with E-state index in [0.717, 1.165) is 0 Å². The number of amides is 1. The number of para-hydroxylation sites is 2. The number of likely N-dealkylation sites (N-methyl/N-ethyl adjacent to an activating group) is 1. The Morgan fingerprint density at radius 1 is 1.47 bits per heavy atom. The third-order valence-corrected chi connectivity index (χ3v) is 2.10. The molecule has 0 aliphatic carbocycles. The number of nitrogen functional groups attached to an aromatic ring is 1. The first-order chi connectivity index (χ1) is 7.99. The van der Waals surface area contributed by atoms with Crippen LogP contribution in [0.4, 0.5) is 20.2 Å². The largest absolute Gasteiger partial charge is 0.397 e. The number of carbonyl (C=O) groups is 1. The van der Waals surface area contributed by atoms with E-state index in [2.05, 4.69) is 5.32 Å². The number of nitrogens with two attached hydrogens (primary N) is 1. The second-order valence-corrected chi connectivity index (χ2v) is 3.72. The van der Waals surface area contributed by atoms with Gasteiger partial charge >= 0.3 is 0 Å². The van der Waals surface area contributed by atoms with Crippen molar-refractivity contribution < 1.29 is 13.6 Å². The lowest BCUT2D eigenvalue weighted by Crippen LogP contribution is -2.33. The molecule has 1 aromatic rings. The molecule has 0 radical (unpaired) electrons. The van der Waals surface area contributed by atoms with Crippen molar-refractivity contribution in [2.24, 2.45) is 0 Å². The molecule has 0 aliphatic heterocycles. The Bertz CT molecular complexity index is 385. The number of hydrogen-bond donors (Lipinski definition) is 2. The van der Waals surface area contributed by atoms with Crippen molar-refractivity contribution in [3.63, 3.8) is 0 Å². The first-order valence-corrected chi connectivity index (χ1v) is 5.10. The highest BCUT2D eigenvalue weighted by molar-refractivity contribution is 5.95. The molecule has 6 heteroatoms. The molecule has 0 saturated heterocycles. The SMILES string of the molecule is CN(CC(=O)Nc1ccccc1N)CC(F)F. The van der Waals surface area contributed by atoms with Crippen molar-refractivity contribution in [3.05, 3.63) is 24.3 Å². The maximum atomic E-state index is 12.0. The summed E-state index contributed by atoms with van der Waals surface area (Å²) >= 11 is 0. The van der Waals surface area contributed by atoms with Gasteiger partial charge in [-0.3, -0.25) is 9.69 Å². The average Bonchev–Trinajstić information content (AvgIpc) is 2.19. The standard InChI is InChI=1S/C11H15F2N3O/c1-16(6-10(12)13)7-11(17)15-9-5-3-2-4-8(9)14/h2-5,10H,6-7,14H2,1H3,(H,15,17). The van der Waals surface area contributed by atoms with E-state index in [4.69, 9.17) is 5.73 Å². The Kier molecular flexibility index (Phi) is 4.84. The zero-order valence-electron chi connectivity index (χ0n) is 9.49. The van der Waals surface area contributed by atoms with Crippen LogP contribution in [0.1, 0.15) is 0 Å². The average molecular weight is 243 g/mol. The number of anilines is 2. The van der Waals surface area contributed by atoms with E-state index in [1.54, 1.807) is 24.3 Å². The molecule has 0 aliphatic rings. The molecule has 1 aromatic carbocycles. The summed E-state index contributed by atoms with van der Waals surface area (Å²) in [6.45, 7) is -0.531. The third kappa shape index (κ3) is 4.78. The molecule has 1 rings (SSSR count). The van der Waals surface area contributed by atoms with Crippen LogP contribution in [-0.4, -0.2) is 37.4 Å². The smallest absolute Gasteiger partial charge is 0.251 e. The Labute approximate surface area is 98.4 Å². The lowest BCUT2D eigenvalue weighted by atomic mass is 10.2. The zero-order valence-corrected chi connectivity index (χ0v) is 9.49. The maximum Gasteiger partial charge on any atom is 0.251 e. The number of nitrogens with zero attached hydrogens (tertiary/aromatic N) is 1. The monoisotopic (exact) mass is 243 g/mol. The molecular weight excluding hydrogens is 228 g/mol. The number of benzene rings is 1. The second-order valence-electron chi connectivity index (χ2n) is 3.72. The van der Waals surface area contributed by atoms with Crippen molar-refractivity contribution in [2.45, 2.75) is 6.43 Å². The summed E-state index contributed by atoms with van der Waals surface area (Å²) in [5.74, 6) is -0.369. The molecule has 0 spiro atoms. The lowest BCUT2D eigenvalue weighted by Gasteiger charge is -2.15. The van der Waals surface area contributed by atoms with Gasteiger partial charge in [-0.25, -0.2) is 8.78 Å². The molecule has 0 fully saturated rings. The van der Waals surface area contributed by atoms with Crippen LogP contribution >= 0.6 is 0 Å². The van der Waals surface area contributed by atoms with Crippen molar-refractivity contribution in [3.8, 4) is 0 Å². The zero-order chi connectivity index (χ0) is 12.8. The minimum Gasteiger partial charge on any atom is -0.397 e.